The third-order valence-electron chi connectivity index (χ3n) is 0.786. The third-order valence-corrected chi connectivity index (χ3v) is 0.786. The van der Waals surface area contributed by atoms with Gasteiger partial charge < -0.3 is 5.73 Å². The fraction of sp³-hybridized carbons (Fsp3) is 0. The summed E-state index contributed by atoms with van der Waals surface area (Å²) in [4.78, 5) is 0. The molecule has 0 aliphatic heterocycles. The van der Waals surface area contributed by atoms with Crippen molar-refractivity contribution in [3.8, 4) is 0 Å². The van der Waals surface area contributed by atoms with Crippen molar-refractivity contribution < 1.29 is 4.39 Å². The summed E-state index contributed by atoms with van der Waals surface area (Å²) in [5.74, 6) is -0.318. The first-order chi connectivity index (χ1) is 3.79. The molecule has 1 aliphatic rings. The van der Waals surface area contributed by atoms with Crippen LogP contribution in [-0.2, 0) is 0 Å². The van der Waals surface area contributed by atoms with Crippen molar-refractivity contribution in [1.29, 1.82) is 0 Å². The molecule has 0 fully saturated rings. The second-order valence-corrected chi connectivity index (χ2v) is 1.46. The molecule has 0 unspecified atom stereocenters. The van der Waals surface area contributed by atoms with E-state index in [0.717, 1.165) is 0 Å². The molecule has 0 aromatic heterocycles. The molecule has 0 saturated carbocycles. The summed E-state index contributed by atoms with van der Waals surface area (Å²) < 4.78 is 12.1. The number of nitrogens with two attached hydrogens (primary N) is 1. The largest absolute Gasteiger partial charge is 0.369 e. The van der Waals surface area contributed by atoms with Crippen LogP contribution in [0.4, 0.5) is 4.39 Å². The number of halogens is 1. The Morgan fingerprint density at radius 3 is 2.75 bits per heavy atom. The average molecular weight is 110 g/mol. The molecule has 1 nitrogen and oxygen atoms in total. The maximum Gasteiger partial charge on any atom is 0.234 e. The highest BCUT2D eigenvalue weighted by molar-refractivity contribution is 5.30. The van der Waals surface area contributed by atoms with E-state index >= 15 is 0 Å². The summed E-state index contributed by atoms with van der Waals surface area (Å²) >= 11 is 0. The van der Waals surface area contributed by atoms with E-state index in [1.807, 2.05) is 0 Å². The summed E-state index contributed by atoms with van der Waals surface area (Å²) in [6.45, 7) is 0. The molecule has 0 saturated heterocycles. The maximum atomic E-state index is 12.1. The fourth-order valence-corrected chi connectivity index (χ4v) is 0.456. The van der Waals surface area contributed by atoms with Crippen LogP contribution in [0, 0.1) is 6.08 Å². The molecule has 0 heterocycles. The smallest absolute Gasteiger partial charge is 0.234 e. The molecular formula is C6H5FN+. The number of hydrogen-bond donors (Lipinski definition) is 1. The van der Waals surface area contributed by atoms with Crippen molar-refractivity contribution in [2.75, 3.05) is 0 Å². The molecular weight excluding hydrogens is 105 g/mol. The summed E-state index contributed by atoms with van der Waals surface area (Å²) in [5, 5.41) is 0. The highest BCUT2D eigenvalue weighted by Gasteiger charge is 2.03. The molecule has 0 atom stereocenters. The number of allylic oxidation sites excluding steroid dienone is 5. The quantitative estimate of drug-likeness (QED) is 0.463. The molecule has 2 heteroatoms. The summed E-state index contributed by atoms with van der Waals surface area (Å²) in [6, 6.07) is 0. The van der Waals surface area contributed by atoms with Crippen molar-refractivity contribution in [3.05, 3.63) is 35.8 Å². The van der Waals surface area contributed by atoms with E-state index < -0.39 is 0 Å². The molecule has 1 aliphatic carbocycles. The van der Waals surface area contributed by atoms with Gasteiger partial charge in [-0.25, -0.2) is 0 Å². The second-order valence-electron chi connectivity index (χ2n) is 1.46. The van der Waals surface area contributed by atoms with Crippen LogP contribution >= 0.6 is 0 Å². The summed E-state index contributed by atoms with van der Waals surface area (Å²) in [6.07, 6.45) is 6.58. The van der Waals surface area contributed by atoms with Gasteiger partial charge in [-0.3, -0.25) is 0 Å². The first kappa shape index (κ1) is 5.01. The lowest BCUT2D eigenvalue weighted by molar-refractivity contribution is 0.664. The zero-order valence-corrected chi connectivity index (χ0v) is 4.19. The predicted octanol–water partition coefficient (Wildman–Crippen LogP) is 1.06. The Balaban J connectivity index is 2.89. The van der Waals surface area contributed by atoms with Crippen LogP contribution in [0.1, 0.15) is 0 Å². The topological polar surface area (TPSA) is 26.0 Å². The van der Waals surface area contributed by atoms with Gasteiger partial charge in [0, 0.05) is 0 Å². The molecule has 0 amide bonds. The highest BCUT2D eigenvalue weighted by atomic mass is 19.1. The van der Waals surface area contributed by atoms with E-state index in [1.165, 1.54) is 18.2 Å². The van der Waals surface area contributed by atoms with Crippen LogP contribution in [-0.4, -0.2) is 0 Å². The molecule has 2 N–H and O–H groups in total. The van der Waals surface area contributed by atoms with Gasteiger partial charge in [-0.2, -0.15) is 4.39 Å². The number of rotatable bonds is 0. The van der Waals surface area contributed by atoms with Gasteiger partial charge in [0.25, 0.3) is 0 Å². The highest BCUT2D eigenvalue weighted by Crippen LogP contribution is 2.05. The molecule has 0 aromatic rings. The number of hydrogen-bond acceptors (Lipinski definition) is 1. The van der Waals surface area contributed by atoms with Crippen LogP contribution in [0.3, 0.4) is 0 Å². The Bertz CT molecular complexity index is 174. The fourth-order valence-electron chi connectivity index (χ4n) is 0.456. The van der Waals surface area contributed by atoms with E-state index in [-0.39, 0.29) is 5.83 Å². The van der Waals surface area contributed by atoms with Gasteiger partial charge in [-0.15, -0.1) is 0 Å². The van der Waals surface area contributed by atoms with Gasteiger partial charge in [-0.1, -0.05) is 0 Å². The molecule has 0 radical (unpaired) electrons. The lowest BCUT2D eigenvalue weighted by Gasteiger charge is -1.82. The van der Waals surface area contributed by atoms with Crippen molar-refractivity contribution in [2.45, 2.75) is 0 Å². The second kappa shape index (κ2) is 1.76. The first-order valence-electron chi connectivity index (χ1n) is 2.22. The standard InChI is InChI=1S/C6H5FN/c7-5-2-1-3-6(8)4-5/h1-2,4H,8H2/q+1. The molecule has 0 bridgehead atoms. The van der Waals surface area contributed by atoms with Crippen LogP contribution in [0.25, 0.3) is 0 Å². The zero-order valence-electron chi connectivity index (χ0n) is 4.19. The minimum absolute atomic E-state index is 0.318. The minimum Gasteiger partial charge on any atom is -0.369 e. The Morgan fingerprint density at radius 1 is 1.62 bits per heavy atom. The summed E-state index contributed by atoms with van der Waals surface area (Å²) in [5.41, 5.74) is 5.50. The first-order valence-corrected chi connectivity index (χ1v) is 2.22. The normalized spacial score (nSPS) is 16.6. The third kappa shape index (κ3) is 0.922. The summed E-state index contributed by atoms with van der Waals surface area (Å²) in [7, 11) is 0. The van der Waals surface area contributed by atoms with E-state index in [0.29, 0.717) is 5.70 Å². The van der Waals surface area contributed by atoms with Gasteiger partial charge in [0.2, 0.25) is 11.5 Å². The van der Waals surface area contributed by atoms with Crippen LogP contribution in [0.2, 0.25) is 0 Å². The zero-order chi connectivity index (χ0) is 5.98. The van der Waals surface area contributed by atoms with Crippen molar-refractivity contribution >= 4 is 0 Å². The minimum atomic E-state index is -0.318. The van der Waals surface area contributed by atoms with Crippen molar-refractivity contribution in [2.24, 2.45) is 5.73 Å². The van der Waals surface area contributed by atoms with E-state index in [2.05, 4.69) is 6.08 Å². The predicted molar refractivity (Wildman–Crippen MR) is 29.3 cm³/mol. The van der Waals surface area contributed by atoms with Crippen molar-refractivity contribution in [3.63, 3.8) is 0 Å². The van der Waals surface area contributed by atoms with Gasteiger partial charge >= 0.3 is 0 Å². The molecule has 1 rings (SSSR count). The van der Waals surface area contributed by atoms with Crippen LogP contribution in [0.5, 0.6) is 0 Å². The van der Waals surface area contributed by atoms with Crippen LogP contribution < -0.4 is 5.73 Å². The molecule has 40 valence electrons. The Morgan fingerprint density at radius 2 is 2.38 bits per heavy atom. The van der Waals surface area contributed by atoms with Gasteiger partial charge in [0.05, 0.1) is 12.2 Å². The maximum absolute atomic E-state index is 12.1. The van der Waals surface area contributed by atoms with Gasteiger partial charge in [0.15, 0.2) is 0 Å². The molecule has 0 aromatic carbocycles. The Labute approximate surface area is 47.0 Å². The monoisotopic (exact) mass is 110 g/mol. The molecule has 0 spiro atoms. The lowest BCUT2D eigenvalue weighted by atomic mass is 10.2. The van der Waals surface area contributed by atoms with Crippen molar-refractivity contribution in [1.82, 2.24) is 0 Å². The van der Waals surface area contributed by atoms with Gasteiger partial charge in [0.1, 0.15) is 12.2 Å². The van der Waals surface area contributed by atoms with E-state index in [1.54, 1.807) is 0 Å². The van der Waals surface area contributed by atoms with Crippen LogP contribution in [0.15, 0.2) is 29.8 Å². The Hall–Kier alpha value is -1.14. The van der Waals surface area contributed by atoms with Gasteiger partial charge in [-0.05, 0) is 0 Å². The van der Waals surface area contributed by atoms with E-state index in [9.17, 15) is 4.39 Å². The lowest BCUT2D eigenvalue weighted by Crippen LogP contribution is -1.94. The van der Waals surface area contributed by atoms with E-state index in [4.69, 9.17) is 5.73 Å². The Kier molecular flexibility index (Phi) is 1.10. The average Bonchev–Trinajstić information content (AvgIpc) is 1.64. The molecule has 8 heavy (non-hydrogen) atoms. The SMILES string of the molecule is NC1=[C+]C=CC(F)=C1.